The van der Waals surface area contributed by atoms with Crippen molar-refractivity contribution in [3.8, 4) is 0 Å². The Morgan fingerprint density at radius 3 is 2.69 bits per heavy atom. The normalized spacial score (nSPS) is 29.6. The van der Waals surface area contributed by atoms with Gasteiger partial charge in [-0.2, -0.15) is 0 Å². The summed E-state index contributed by atoms with van der Waals surface area (Å²) in [5.74, 6) is 0.854. The van der Waals surface area contributed by atoms with Crippen LogP contribution in [-0.2, 0) is 6.42 Å². The third-order valence-electron chi connectivity index (χ3n) is 4.21. The second-order valence-electron chi connectivity index (χ2n) is 5.66. The van der Waals surface area contributed by atoms with Crippen molar-refractivity contribution in [1.82, 2.24) is 0 Å². The second kappa shape index (κ2) is 4.58. The Balaban J connectivity index is 2.16. The van der Waals surface area contributed by atoms with Gasteiger partial charge < -0.3 is 5.73 Å². The van der Waals surface area contributed by atoms with E-state index in [2.05, 4.69) is 38.1 Å². The molecule has 88 valence electrons. The molecular formula is C15H23N. The van der Waals surface area contributed by atoms with Gasteiger partial charge in [0.2, 0.25) is 0 Å². The summed E-state index contributed by atoms with van der Waals surface area (Å²) in [4.78, 5) is 0. The van der Waals surface area contributed by atoms with Crippen molar-refractivity contribution in [3.63, 3.8) is 0 Å². The lowest BCUT2D eigenvalue weighted by Crippen LogP contribution is -2.30. The van der Waals surface area contributed by atoms with Crippen LogP contribution in [0.3, 0.4) is 0 Å². The molecule has 1 aromatic rings. The molecule has 1 heteroatoms. The monoisotopic (exact) mass is 217 g/mol. The van der Waals surface area contributed by atoms with E-state index in [0.717, 1.165) is 12.5 Å². The van der Waals surface area contributed by atoms with Gasteiger partial charge in [-0.15, -0.1) is 0 Å². The largest absolute Gasteiger partial charge is 0.330 e. The van der Waals surface area contributed by atoms with Gasteiger partial charge in [-0.05, 0) is 55.2 Å². The van der Waals surface area contributed by atoms with E-state index in [0.29, 0.717) is 5.41 Å². The predicted molar refractivity (Wildman–Crippen MR) is 69.4 cm³/mol. The molecule has 1 fully saturated rings. The van der Waals surface area contributed by atoms with Crippen LogP contribution in [0.1, 0.15) is 37.3 Å². The van der Waals surface area contributed by atoms with Crippen LogP contribution >= 0.6 is 0 Å². The summed E-state index contributed by atoms with van der Waals surface area (Å²) in [6.07, 6.45) is 5.13. The highest BCUT2D eigenvalue weighted by Crippen LogP contribution is 2.43. The summed E-state index contributed by atoms with van der Waals surface area (Å²) in [5.41, 5.74) is 9.31. The Morgan fingerprint density at radius 1 is 1.38 bits per heavy atom. The van der Waals surface area contributed by atoms with E-state index in [1.54, 1.807) is 0 Å². The molecule has 2 unspecified atom stereocenters. The van der Waals surface area contributed by atoms with Crippen LogP contribution in [0.5, 0.6) is 0 Å². The zero-order valence-electron chi connectivity index (χ0n) is 10.5. The standard InChI is InChI=1S/C15H23N/c1-12-7-8-15(9-12,11-16)10-14-6-4-3-5-13(14)2/h3-6,12H,7-11,16H2,1-2H3. The minimum Gasteiger partial charge on any atom is -0.330 e. The minimum absolute atomic E-state index is 0.380. The van der Waals surface area contributed by atoms with Crippen molar-refractivity contribution in [2.24, 2.45) is 17.1 Å². The van der Waals surface area contributed by atoms with Crippen LogP contribution in [0.2, 0.25) is 0 Å². The third kappa shape index (κ3) is 2.30. The van der Waals surface area contributed by atoms with Crippen molar-refractivity contribution in [1.29, 1.82) is 0 Å². The Morgan fingerprint density at radius 2 is 2.12 bits per heavy atom. The number of nitrogens with two attached hydrogens (primary N) is 1. The third-order valence-corrected chi connectivity index (χ3v) is 4.21. The highest BCUT2D eigenvalue weighted by Gasteiger charge is 2.36. The van der Waals surface area contributed by atoms with Gasteiger partial charge in [0.25, 0.3) is 0 Å². The summed E-state index contributed by atoms with van der Waals surface area (Å²) in [6, 6.07) is 8.73. The quantitative estimate of drug-likeness (QED) is 0.826. The first kappa shape index (κ1) is 11.7. The van der Waals surface area contributed by atoms with Gasteiger partial charge in [0.1, 0.15) is 0 Å². The van der Waals surface area contributed by atoms with Crippen molar-refractivity contribution in [3.05, 3.63) is 35.4 Å². The Hall–Kier alpha value is -0.820. The molecule has 0 spiro atoms. The van der Waals surface area contributed by atoms with E-state index in [4.69, 9.17) is 5.73 Å². The second-order valence-corrected chi connectivity index (χ2v) is 5.66. The van der Waals surface area contributed by atoms with Crippen LogP contribution < -0.4 is 5.73 Å². The summed E-state index contributed by atoms with van der Waals surface area (Å²) in [5, 5.41) is 0. The Kier molecular flexibility index (Phi) is 3.34. The van der Waals surface area contributed by atoms with Gasteiger partial charge in [0, 0.05) is 0 Å². The van der Waals surface area contributed by atoms with E-state index in [1.165, 1.54) is 36.8 Å². The molecule has 0 bridgehead atoms. The molecule has 1 saturated carbocycles. The van der Waals surface area contributed by atoms with Gasteiger partial charge in [0.15, 0.2) is 0 Å². The van der Waals surface area contributed by atoms with E-state index >= 15 is 0 Å². The first-order valence-corrected chi connectivity index (χ1v) is 6.40. The van der Waals surface area contributed by atoms with Crippen molar-refractivity contribution in [2.75, 3.05) is 6.54 Å². The minimum atomic E-state index is 0.380. The van der Waals surface area contributed by atoms with Crippen LogP contribution in [-0.4, -0.2) is 6.54 Å². The molecule has 0 aliphatic heterocycles. The van der Waals surface area contributed by atoms with Crippen molar-refractivity contribution >= 4 is 0 Å². The lowest BCUT2D eigenvalue weighted by molar-refractivity contribution is 0.295. The van der Waals surface area contributed by atoms with Crippen LogP contribution in [0.15, 0.2) is 24.3 Å². The summed E-state index contributed by atoms with van der Waals surface area (Å²) in [7, 11) is 0. The van der Waals surface area contributed by atoms with E-state index in [-0.39, 0.29) is 0 Å². The zero-order chi connectivity index (χ0) is 11.6. The van der Waals surface area contributed by atoms with Gasteiger partial charge >= 0.3 is 0 Å². The van der Waals surface area contributed by atoms with Crippen LogP contribution in [0, 0.1) is 18.3 Å². The Bertz CT molecular complexity index is 358. The fourth-order valence-electron chi connectivity index (χ4n) is 3.13. The molecule has 0 heterocycles. The summed E-state index contributed by atoms with van der Waals surface area (Å²) < 4.78 is 0. The molecule has 2 N–H and O–H groups in total. The fourth-order valence-corrected chi connectivity index (χ4v) is 3.13. The van der Waals surface area contributed by atoms with Gasteiger partial charge in [0.05, 0.1) is 0 Å². The number of rotatable bonds is 3. The van der Waals surface area contributed by atoms with E-state index < -0.39 is 0 Å². The summed E-state index contributed by atoms with van der Waals surface area (Å²) >= 11 is 0. The molecule has 1 aliphatic rings. The highest BCUT2D eigenvalue weighted by atomic mass is 14.6. The SMILES string of the molecule is Cc1ccccc1CC1(CN)CCC(C)C1. The first-order chi connectivity index (χ1) is 7.65. The molecule has 1 aliphatic carbocycles. The van der Waals surface area contributed by atoms with Crippen LogP contribution in [0.25, 0.3) is 0 Å². The average Bonchev–Trinajstić information content (AvgIpc) is 2.65. The van der Waals surface area contributed by atoms with Crippen LogP contribution in [0.4, 0.5) is 0 Å². The van der Waals surface area contributed by atoms with E-state index in [9.17, 15) is 0 Å². The Labute approximate surface area is 99.0 Å². The van der Waals surface area contributed by atoms with Crippen molar-refractivity contribution in [2.45, 2.75) is 39.5 Å². The number of benzene rings is 1. The molecule has 0 radical (unpaired) electrons. The molecule has 0 amide bonds. The maximum absolute atomic E-state index is 6.03. The lowest BCUT2D eigenvalue weighted by atomic mass is 9.78. The number of hydrogen-bond donors (Lipinski definition) is 1. The maximum Gasteiger partial charge on any atom is -0.00172 e. The molecule has 1 aromatic carbocycles. The molecular weight excluding hydrogens is 194 g/mol. The maximum atomic E-state index is 6.03. The smallest absolute Gasteiger partial charge is 0.00172 e. The number of hydrogen-bond acceptors (Lipinski definition) is 1. The average molecular weight is 217 g/mol. The first-order valence-electron chi connectivity index (χ1n) is 6.40. The van der Waals surface area contributed by atoms with Gasteiger partial charge in [-0.25, -0.2) is 0 Å². The molecule has 0 saturated heterocycles. The zero-order valence-corrected chi connectivity index (χ0v) is 10.5. The topological polar surface area (TPSA) is 26.0 Å². The summed E-state index contributed by atoms with van der Waals surface area (Å²) in [6.45, 7) is 5.40. The van der Waals surface area contributed by atoms with Gasteiger partial charge in [-0.1, -0.05) is 37.6 Å². The highest BCUT2D eigenvalue weighted by molar-refractivity contribution is 5.27. The van der Waals surface area contributed by atoms with Crippen molar-refractivity contribution < 1.29 is 0 Å². The fraction of sp³-hybridized carbons (Fsp3) is 0.600. The lowest BCUT2D eigenvalue weighted by Gasteiger charge is -2.28. The molecule has 0 aromatic heterocycles. The molecule has 2 rings (SSSR count). The molecule has 16 heavy (non-hydrogen) atoms. The predicted octanol–water partition coefficient (Wildman–Crippen LogP) is 3.30. The van der Waals surface area contributed by atoms with E-state index in [1.807, 2.05) is 0 Å². The molecule has 1 nitrogen and oxygen atoms in total. The number of aryl methyl sites for hydroxylation is 1. The molecule has 2 atom stereocenters. The van der Waals surface area contributed by atoms with Gasteiger partial charge in [-0.3, -0.25) is 0 Å².